The van der Waals surface area contributed by atoms with E-state index in [0.29, 0.717) is 13.0 Å². The zero-order chi connectivity index (χ0) is 16.6. The number of aromatic nitrogens is 3. The Balaban J connectivity index is 1.72. The second-order valence-electron chi connectivity index (χ2n) is 5.78. The fourth-order valence-corrected chi connectivity index (χ4v) is 3.55. The first-order valence-electron chi connectivity index (χ1n) is 7.56. The van der Waals surface area contributed by atoms with Crippen LogP contribution in [0.15, 0.2) is 18.2 Å². The van der Waals surface area contributed by atoms with Crippen LogP contribution in [0.4, 0.5) is 0 Å². The molecule has 5 nitrogen and oxygen atoms in total. The van der Waals surface area contributed by atoms with E-state index in [4.69, 9.17) is 0 Å². The summed E-state index contributed by atoms with van der Waals surface area (Å²) in [6.45, 7) is 6.45. The van der Waals surface area contributed by atoms with Gasteiger partial charge in [-0.25, -0.2) is 4.98 Å². The molecule has 2 aromatic heterocycles. The van der Waals surface area contributed by atoms with Crippen molar-refractivity contribution in [3.63, 3.8) is 0 Å². The molecule has 1 amide bonds. The van der Waals surface area contributed by atoms with Crippen molar-refractivity contribution in [3.8, 4) is 0 Å². The SMILES string of the molecule is Cc1ccc2c(c1)c(CNC(=O)Cc1nc(C)sc1C)nn2C. The number of carbonyl (C=O) groups excluding carboxylic acids is 1. The van der Waals surface area contributed by atoms with Crippen molar-refractivity contribution in [1.29, 1.82) is 0 Å². The molecule has 0 fully saturated rings. The number of carbonyl (C=O) groups is 1. The van der Waals surface area contributed by atoms with Gasteiger partial charge in [0.2, 0.25) is 5.91 Å². The third-order valence-electron chi connectivity index (χ3n) is 3.86. The minimum Gasteiger partial charge on any atom is -0.350 e. The van der Waals surface area contributed by atoms with Gasteiger partial charge in [-0.05, 0) is 32.9 Å². The molecule has 0 atom stereocenters. The van der Waals surface area contributed by atoms with E-state index in [2.05, 4.69) is 40.5 Å². The van der Waals surface area contributed by atoms with Crippen molar-refractivity contribution < 1.29 is 4.79 Å². The molecule has 120 valence electrons. The minimum atomic E-state index is -0.0233. The molecule has 0 spiro atoms. The average molecular weight is 328 g/mol. The highest BCUT2D eigenvalue weighted by atomic mass is 32.1. The summed E-state index contributed by atoms with van der Waals surface area (Å²) in [7, 11) is 1.92. The number of amides is 1. The van der Waals surface area contributed by atoms with Crippen LogP contribution in [0.3, 0.4) is 0 Å². The molecule has 0 bridgehead atoms. The first-order chi connectivity index (χ1) is 10.9. The van der Waals surface area contributed by atoms with Crippen molar-refractivity contribution in [2.75, 3.05) is 0 Å². The molecule has 0 saturated heterocycles. The van der Waals surface area contributed by atoms with Gasteiger partial charge in [-0.3, -0.25) is 9.48 Å². The number of nitrogens with zero attached hydrogens (tertiary/aromatic N) is 3. The van der Waals surface area contributed by atoms with E-state index in [1.807, 2.05) is 25.6 Å². The Kier molecular flexibility index (Phi) is 4.17. The molecule has 0 aliphatic heterocycles. The summed E-state index contributed by atoms with van der Waals surface area (Å²) in [5.41, 5.74) is 4.02. The Morgan fingerprint density at radius 3 is 2.74 bits per heavy atom. The Hall–Kier alpha value is -2.21. The summed E-state index contributed by atoms with van der Waals surface area (Å²) >= 11 is 1.63. The highest BCUT2D eigenvalue weighted by Gasteiger charge is 2.13. The molecular weight excluding hydrogens is 308 g/mol. The Morgan fingerprint density at radius 2 is 2.04 bits per heavy atom. The zero-order valence-electron chi connectivity index (χ0n) is 13.8. The fourth-order valence-electron chi connectivity index (χ4n) is 2.72. The van der Waals surface area contributed by atoms with Crippen molar-refractivity contribution in [2.45, 2.75) is 33.7 Å². The number of hydrogen-bond acceptors (Lipinski definition) is 4. The van der Waals surface area contributed by atoms with Gasteiger partial charge in [0, 0.05) is 17.3 Å². The molecule has 6 heteroatoms. The van der Waals surface area contributed by atoms with E-state index in [1.165, 1.54) is 5.56 Å². The molecule has 0 aliphatic rings. The maximum Gasteiger partial charge on any atom is 0.226 e. The van der Waals surface area contributed by atoms with Crippen LogP contribution >= 0.6 is 11.3 Å². The van der Waals surface area contributed by atoms with E-state index >= 15 is 0 Å². The number of hydrogen-bond donors (Lipinski definition) is 1. The first kappa shape index (κ1) is 15.7. The lowest BCUT2D eigenvalue weighted by atomic mass is 10.1. The Labute approximate surface area is 139 Å². The van der Waals surface area contributed by atoms with E-state index in [9.17, 15) is 4.79 Å². The second kappa shape index (κ2) is 6.12. The molecule has 0 unspecified atom stereocenters. The third-order valence-corrected chi connectivity index (χ3v) is 4.79. The van der Waals surface area contributed by atoms with Crippen LogP contribution in [0, 0.1) is 20.8 Å². The van der Waals surface area contributed by atoms with Gasteiger partial charge in [0.15, 0.2) is 0 Å². The van der Waals surface area contributed by atoms with Crippen LogP contribution in [0.25, 0.3) is 10.9 Å². The molecular formula is C17H20N4OS. The molecule has 1 aromatic carbocycles. The molecule has 3 aromatic rings. The van der Waals surface area contributed by atoms with Crippen LogP contribution in [0.5, 0.6) is 0 Å². The maximum absolute atomic E-state index is 12.2. The maximum atomic E-state index is 12.2. The highest BCUT2D eigenvalue weighted by molar-refractivity contribution is 7.11. The standard InChI is InChI=1S/C17H20N4OS/c1-10-5-6-16-13(7-10)15(20-21(16)4)9-18-17(22)8-14-11(2)23-12(3)19-14/h5-7H,8-9H2,1-4H3,(H,18,22). The topological polar surface area (TPSA) is 59.8 Å². The molecule has 3 rings (SSSR count). The lowest BCUT2D eigenvalue weighted by molar-refractivity contribution is -0.120. The number of aryl methyl sites for hydroxylation is 4. The Bertz CT molecular complexity index is 878. The molecule has 1 N–H and O–H groups in total. The fraction of sp³-hybridized carbons (Fsp3) is 0.353. The summed E-state index contributed by atoms with van der Waals surface area (Å²) < 4.78 is 1.85. The normalized spacial score (nSPS) is 11.1. The van der Waals surface area contributed by atoms with Gasteiger partial charge < -0.3 is 5.32 Å². The van der Waals surface area contributed by atoms with E-state index in [1.54, 1.807) is 11.3 Å². The zero-order valence-corrected chi connectivity index (χ0v) is 14.6. The summed E-state index contributed by atoms with van der Waals surface area (Å²) in [4.78, 5) is 17.7. The van der Waals surface area contributed by atoms with Crippen LogP contribution in [-0.2, 0) is 24.8 Å². The molecule has 0 aliphatic carbocycles. The molecule has 2 heterocycles. The lowest BCUT2D eigenvalue weighted by Crippen LogP contribution is -2.25. The number of fused-ring (bicyclic) bond motifs is 1. The quantitative estimate of drug-likeness (QED) is 0.801. The molecule has 0 saturated carbocycles. The predicted molar refractivity (Wildman–Crippen MR) is 92.6 cm³/mol. The summed E-state index contributed by atoms with van der Waals surface area (Å²) in [5, 5.41) is 9.57. The van der Waals surface area contributed by atoms with E-state index in [-0.39, 0.29) is 5.91 Å². The van der Waals surface area contributed by atoms with Crippen LogP contribution in [-0.4, -0.2) is 20.7 Å². The monoisotopic (exact) mass is 328 g/mol. The summed E-state index contributed by atoms with van der Waals surface area (Å²) in [6.07, 6.45) is 0.319. The van der Waals surface area contributed by atoms with Gasteiger partial charge in [0.05, 0.1) is 34.9 Å². The van der Waals surface area contributed by atoms with Crippen LogP contribution < -0.4 is 5.32 Å². The number of rotatable bonds is 4. The van der Waals surface area contributed by atoms with Gasteiger partial charge >= 0.3 is 0 Å². The second-order valence-corrected chi connectivity index (χ2v) is 7.19. The van der Waals surface area contributed by atoms with Crippen molar-refractivity contribution >= 4 is 28.1 Å². The van der Waals surface area contributed by atoms with Gasteiger partial charge in [-0.15, -0.1) is 11.3 Å². The predicted octanol–water partition coefficient (Wildman–Crippen LogP) is 2.81. The van der Waals surface area contributed by atoms with Gasteiger partial charge in [-0.1, -0.05) is 11.6 Å². The van der Waals surface area contributed by atoms with Crippen LogP contribution in [0.2, 0.25) is 0 Å². The minimum absolute atomic E-state index is 0.0233. The Morgan fingerprint density at radius 1 is 1.26 bits per heavy atom. The summed E-state index contributed by atoms with van der Waals surface area (Å²) in [5.74, 6) is -0.0233. The van der Waals surface area contributed by atoms with Crippen molar-refractivity contribution in [3.05, 3.63) is 45.0 Å². The van der Waals surface area contributed by atoms with Crippen molar-refractivity contribution in [1.82, 2.24) is 20.1 Å². The van der Waals surface area contributed by atoms with E-state index < -0.39 is 0 Å². The number of nitrogens with one attached hydrogen (secondary N) is 1. The summed E-state index contributed by atoms with van der Waals surface area (Å²) in [6, 6.07) is 6.24. The van der Waals surface area contributed by atoms with E-state index in [0.717, 1.165) is 32.2 Å². The third kappa shape index (κ3) is 3.27. The van der Waals surface area contributed by atoms with Gasteiger partial charge in [0.1, 0.15) is 0 Å². The van der Waals surface area contributed by atoms with Crippen molar-refractivity contribution in [2.24, 2.45) is 7.05 Å². The van der Waals surface area contributed by atoms with Crippen LogP contribution in [0.1, 0.15) is 26.8 Å². The van der Waals surface area contributed by atoms with Gasteiger partial charge in [0.25, 0.3) is 0 Å². The largest absolute Gasteiger partial charge is 0.350 e. The average Bonchev–Trinajstić information content (AvgIpc) is 2.96. The number of benzene rings is 1. The highest BCUT2D eigenvalue weighted by Crippen LogP contribution is 2.20. The van der Waals surface area contributed by atoms with Gasteiger partial charge in [-0.2, -0.15) is 5.10 Å². The lowest BCUT2D eigenvalue weighted by Gasteiger charge is -2.03. The smallest absolute Gasteiger partial charge is 0.226 e. The number of thiazole rings is 1. The molecule has 23 heavy (non-hydrogen) atoms. The first-order valence-corrected chi connectivity index (χ1v) is 8.37. The molecule has 0 radical (unpaired) electrons.